The Hall–Kier alpha value is -3.48. The number of H-pyrrole nitrogens is 2. The summed E-state index contributed by atoms with van der Waals surface area (Å²) in [5.41, 5.74) is 2.75. The molecule has 0 atom stereocenters. The van der Waals surface area contributed by atoms with Crippen molar-refractivity contribution in [1.29, 1.82) is 0 Å². The van der Waals surface area contributed by atoms with Crippen LogP contribution in [0.2, 0.25) is 0 Å². The molecule has 0 radical (unpaired) electrons. The minimum Gasteiger partial charge on any atom is -0.493 e. The highest BCUT2D eigenvalue weighted by atomic mass is 16.5. The fraction of sp³-hybridized carbons (Fsp3) is 0.111. The van der Waals surface area contributed by atoms with Crippen molar-refractivity contribution >= 4 is 22.5 Å². The van der Waals surface area contributed by atoms with Gasteiger partial charge in [-0.15, -0.1) is 5.10 Å². The van der Waals surface area contributed by atoms with Gasteiger partial charge in [0.1, 0.15) is 0 Å². The second-order valence-electron chi connectivity index (χ2n) is 5.47. The Labute approximate surface area is 144 Å². The first-order valence-corrected chi connectivity index (χ1v) is 7.76. The predicted molar refractivity (Wildman–Crippen MR) is 96.5 cm³/mol. The van der Waals surface area contributed by atoms with Gasteiger partial charge in [-0.3, -0.25) is 5.10 Å². The monoisotopic (exact) mass is 335 g/mol. The molecule has 0 amide bonds. The first-order valence-electron chi connectivity index (χ1n) is 7.76. The van der Waals surface area contributed by atoms with Crippen molar-refractivity contribution in [1.82, 2.24) is 20.2 Å². The maximum absolute atomic E-state index is 5.30. The lowest BCUT2D eigenvalue weighted by Crippen LogP contribution is -1.95. The summed E-state index contributed by atoms with van der Waals surface area (Å²) >= 11 is 0. The van der Waals surface area contributed by atoms with Gasteiger partial charge < -0.3 is 19.8 Å². The van der Waals surface area contributed by atoms with Crippen LogP contribution in [0.5, 0.6) is 11.5 Å². The Kier molecular flexibility index (Phi) is 3.74. The van der Waals surface area contributed by atoms with Crippen molar-refractivity contribution in [2.45, 2.75) is 0 Å². The molecule has 0 aliphatic carbocycles. The van der Waals surface area contributed by atoms with E-state index in [0.29, 0.717) is 23.3 Å². The summed E-state index contributed by atoms with van der Waals surface area (Å²) in [4.78, 5) is 7.81. The molecule has 7 heteroatoms. The molecule has 0 aliphatic heterocycles. The van der Waals surface area contributed by atoms with E-state index in [1.165, 1.54) is 0 Å². The Morgan fingerprint density at radius 2 is 1.80 bits per heavy atom. The van der Waals surface area contributed by atoms with Crippen LogP contribution in [0.1, 0.15) is 0 Å². The third kappa shape index (κ3) is 2.87. The molecule has 25 heavy (non-hydrogen) atoms. The number of benzene rings is 2. The number of nitrogens with one attached hydrogen (secondary N) is 3. The van der Waals surface area contributed by atoms with E-state index in [4.69, 9.17) is 9.47 Å². The van der Waals surface area contributed by atoms with E-state index in [9.17, 15) is 0 Å². The Morgan fingerprint density at radius 1 is 0.960 bits per heavy atom. The van der Waals surface area contributed by atoms with Crippen LogP contribution in [0, 0.1) is 0 Å². The molecule has 3 N–H and O–H groups in total. The predicted octanol–water partition coefficient (Wildman–Crippen LogP) is 3.71. The quantitative estimate of drug-likeness (QED) is 0.517. The van der Waals surface area contributed by atoms with Gasteiger partial charge in [-0.25, -0.2) is 0 Å². The number of rotatable bonds is 5. The number of para-hydroxylation sites is 1. The molecule has 0 spiro atoms. The second-order valence-corrected chi connectivity index (χ2v) is 5.47. The zero-order chi connectivity index (χ0) is 17.2. The lowest BCUT2D eigenvalue weighted by molar-refractivity contribution is 0.355. The summed E-state index contributed by atoms with van der Waals surface area (Å²) in [5, 5.41) is 11.4. The van der Waals surface area contributed by atoms with Crippen LogP contribution >= 0.6 is 0 Å². The summed E-state index contributed by atoms with van der Waals surface area (Å²) < 4.78 is 10.5. The van der Waals surface area contributed by atoms with E-state index in [1.54, 1.807) is 14.2 Å². The number of methoxy groups -OCH3 is 2. The van der Waals surface area contributed by atoms with Crippen molar-refractivity contribution in [3.05, 3.63) is 48.5 Å². The van der Waals surface area contributed by atoms with E-state index >= 15 is 0 Å². The number of ether oxygens (including phenoxy) is 2. The van der Waals surface area contributed by atoms with Gasteiger partial charge in [0.15, 0.2) is 17.3 Å². The van der Waals surface area contributed by atoms with Crippen LogP contribution in [0.15, 0.2) is 48.5 Å². The first-order chi connectivity index (χ1) is 12.3. The molecule has 0 aliphatic rings. The number of aromatic nitrogens is 4. The van der Waals surface area contributed by atoms with Crippen molar-refractivity contribution in [3.8, 4) is 23.0 Å². The number of nitrogens with zero attached hydrogens (tertiary/aromatic N) is 2. The molecule has 4 aromatic rings. The fourth-order valence-corrected chi connectivity index (χ4v) is 2.68. The van der Waals surface area contributed by atoms with Gasteiger partial charge >= 0.3 is 0 Å². The zero-order valence-electron chi connectivity index (χ0n) is 13.8. The Morgan fingerprint density at radius 3 is 2.60 bits per heavy atom. The van der Waals surface area contributed by atoms with Gasteiger partial charge in [-0.2, -0.15) is 4.98 Å². The molecule has 0 saturated heterocycles. The summed E-state index contributed by atoms with van der Waals surface area (Å²) in [6, 6.07) is 15.6. The molecule has 0 saturated carbocycles. The first kappa shape index (κ1) is 15.1. The van der Waals surface area contributed by atoms with Crippen molar-refractivity contribution in [2.24, 2.45) is 0 Å². The lowest BCUT2D eigenvalue weighted by Gasteiger charge is -2.09. The third-order valence-electron chi connectivity index (χ3n) is 3.91. The van der Waals surface area contributed by atoms with E-state index in [0.717, 1.165) is 22.3 Å². The van der Waals surface area contributed by atoms with Gasteiger partial charge in [-0.1, -0.05) is 18.2 Å². The maximum Gasteiger partial charge on any atom is 0.246 e. The minimum atomic E-state index is 0.473. The molecule has 2 aromatic carbocycles. The summed E-state index contributed by atoms with van der Waals surface area (Å²) in [6.45, 7) is 0. The molecule has 4 rings (SSSR count). The highest BCUT2D eigenvalue weighted by molar-refractivity contribution is 5.84. The highest BCUT2D eigenvalue weighted by Gasteiger charge is 2.10. The molecular formula is C18H17N5O2. The number of aromatic amines is 2. The summed E-state index contributed by atoms with van der Waals surface area (Å²) in [5.74, 6) is 2.45. The zero-order valence-corrected chi connectivity index (χ0v) is 13.8. The van der Waals surface area contributed by atoms with E-state index in [-0.39, 0.29) is 0 Å². The fourth-order valence-electron chi connectivity index (χ4n) is 2.68. The third-order valence-corrected chi connectivity index (χ3v) is 3.91. The van der Waals surface area contributed by atoms with Crippen molar-refractivity contribution < 1.29 is 9.47 Å². The van der Waals surface area contributed by atoms with Crippen molar-refractivity contribution in [2.75, 3.05) is 19.5 Å². The maximum atomic E-state index is 5.30. The van der Waals surface area contributed by atoms with Crippen molar-refractivity contribution in [3.63, 3.8) is 0 Å². The number of anilines is 2. The largest absolute Gasteiger partial charge is 0.493 e. The van der Waals surface area contributed by atoms with Crippen LogP contribution in [0.3, 0.4) is 0 Å². The van der Waals surface area contributed by atoms with Gasteiger partial charge in [0, 0.05) is 22.7 Å². The summed E-state index contributed by atoms with van der Waals surface area (Å²) in [7, 11) is 3.20. The number of hydrogen-bond acceptors (Lipinski definition) is 5. The van der Waals surface area contributed by atoms with Crippen LogP contribution < -0.4 is 14.8 Å². The van der Waals surface area contributed by atoms with E-state index in [1.807, 2.05) is 42.5 Å². The number of hydrogen-bond donors (Lipinski definition) is 3. The smallest absolute Gasteiger partial charge is 0.246 e. The lowest BCUT2D eigenvalue weighted by atomic mass is 10.2. The van der Waals surface area contributed by atoms with Gasteiger partial charge in [0.25, 0.3) is 0 Å². The second kappa shape index (κ2) is 6.20. The Balaban J connectivity index is 1.59. The average Bonchev–Trinajstić information content (AvgIpc) is 3.28. The molecule has 7 nitrogen and oxygen atoms in total. The van der Waals surface area contributed by atoms with Gasteiger partial charge in [0.2, 0.25) is 5.95 Å². The van der Waals surface area contributed by atoms with Gasteiger partial charge in [-0.05, 0) is 24.3 Å². The highest BCUT2D eigenvalue weighted by Crippen LogP contribution is 2.31. The van der Waals surface area contributed by atoms with Crippen LogP contribution in [-0.4, -0.2) is 34.4 Å². The number of fused-ring (bicyclic) bond motifs is 1. The normalized spacial score (nSPS) is 10.8. The van der Waals surface area contributed by atoms with Crippen LogP contribution in [-0.2, 0) is 0 Å². The Bertz CT molecular complexity index is 988. The standard InChI is InChI=1S/C18H17N5O2/c1-24-15-8-7-12(10-16(15)25-2)19-18-21-17(22-23-18)14-9-11-5-3-4-6-13(11)20-14/h3-10,20H,1-2H3,(H2,19,21,22,23). The van der Waals surface area contributed by atoms with Crippen LogP contribution in [0.4, 0.5) is 11.6 Å². The SMILES string of the molecule is COc1ccc(Nc2n[nH]c(-c3cc4ccccc4[nH]3)n2)cc1OC. The molecule has 2 aromatic heterocycles. The molecule has 2 heterocycles. The molecule has 0 bridgehead atoms. The molecule has 126 valence electrons. The van der Waals surface area contributed by atoms with E-state index < -0.39 is 0 Å². The molecule has 0 fully saturated rings. The van der Waals surface area contributed by atoms with Gasteiger partial charge in [0.05, 0.1) is 19.9 Å². The molecular weight excluding hydrogens is 318 g/mol. The topological polar surface area (TPSA) is 87.8 Å². The molecule has 0 unspecified atom stereocenters. The average molecular weight is 335 g/mol. The summed E-state index contributed by atoms with van der Waals surface area (Å²) in [6.07, 6.45) is 0. The van der Waals surface area contributed by atoms with Crippen LogP contribution in [0.25, 0.3) is 22.4 Å². The van der Waals surface area contributed by atoms with E-state index in [2.05, 4.69) is 31.5 Å². The minimum absolute atomic E-state index is 0.473.